The molecule has 0 saturated carbocycles. The van der Waals surface area contributed by atoms with Crippen LogP contribution in [-0.2, 0) is 14.3 Å². The number of ether oxygens (including phenoxy) is 1. The van der Waals surface area contributed by atoms with Gasteiger partial charge >= 0.3 is 11.9 Å². The van der Waals surface area contributed by atoms with Crippen LogP contribution in [0.5, 0.6) is 0 Å². The lowest BCUT2D eigenvalue weighted by Crippen LogP contribution is -2.07. The minimum Gasteiger partial charge on any atom is -0.478 e. The molecule has 1 heterocycles. The number of rotatable bonds is 4. The Morgan fingerprint density at radius 2 is 1.67 bits per heavy atom. The van der Waals surface area contributed by atoms with Crippen molar-refractivity contribution in [2.75, 3.05) is 6.61 Å². The fraction of sp³-hybridized carbons (Fsp3) is 0.579. The van der Waals surface area contributed by atoms with E-state index in [1.54, 1.807) is 5.57 Å². The number of aliphatic carboxylic acids is 2. The number of hydrogen-bond acceptors (Lipinski definition) is 3. The molecular weight excluding hydrogens is 308 g/mol. The summed E-state index contributed by atoms with van der Waals surface area (Å²) >= 11 is 0. The Morgan fingerprint density at radius 3 is 2.00 bits per heavy atom. The molecule has 0 bridgehead atoms. The van der Waals surface area contributed by atoms with Gasteiger partial charge in [-0.15, -0.1) is 0 Å². The van der Waals surface area contributed by atoms with Gasteiger partial charge in [0.2, 0.25) is 0 Å². The molecule has 2 aliphatic rings. The topological polar surface area (TPSA) is 83.8 Å². The lowest BCUT2D eigenvalue weighted by atomic mass is 9.94. The molecule has 5 heteroatoms. The molecule has 136 valence electrons. The van der Waals surface area contributed by atoms with Gasteiger partial charge in [0.15, 0.2) is 0 Å². The maximum atomic E-state index is 9.60. The summed E-state index contributed by atoms with van der Waals surface area (Å²) in [7, 11) is 0. The SMILES string of the molecule is C1=C(CC2CCCO2)CCCC1.C=C(C)C(=O)O.C=C(C)C(=O)O. The van der Waals surface area contributed by atoms with E-state index >= 15 is 0 Å². The van der Waals surface area contributed by atoms with Gasteiger partial charge < -0.3 is 14.9 Å². The van der Waals surface area contributed by atoms with Crippen molar-refractivity contribution >= 4 is 11.9 Å². The van der Waals surface area contributed by atoms with Gasteiger partial charge in [-0.3, -0.25) is 0 Å². The summed E-state index contributed by atoms with van der Waals surface area (Å²) in [5, 5.41) is 15.8. The molecule has 1 saturated heterocycles. The molecule has 0 aromatic carbocycles. The Kier molecular flexibility index (Phi) is 11.5. The zero-order chi connectivity index (χ0) is 18.5. The summed E-state index contributed by atoms with van der Waals surface area (Å²) in [5.74, 6) is -1.87. The van der Waals surface area contributed by atoms with Crippen LogP contribution in [0, 0.1) is 0 Å². The van der Waals surface area contributed by atoms with E-state index in [4.69, 9.17) is 14.9 Å². The van der Waals surface area contributed by atoms with E-state index < -0.39 is 11.9 Å². The van der Waals surface area contributed by atoms with Gasteiger partial charge in [-0.25, -0.2) is 9.59 Å². The first-order chi connectivity index (χ1) is 11.2. The van der Waals surface area contributed by atoms with Crippen LogP contribution in [-0.4, -0.2) is 34.9 Å². The molecule has 1 atom stereocenters. The molecule has 2 rings (SSSR count). The maximum Gasteiger partial charge on any atom is 0.330 e. The van der Waals surface area contributed by atoms with Crippen molar-refractivity contribution < 1.29 is 24.5 Å². The van der Waals surface area contributed by atoms with Gasteiger partial charge in [-0.1, -0.05) is 24.8 Å². The van der Waals surface area contributed by atoms with Gasteiger partial charge in [0.25, 0.3) is 0 Å². The van der Waals surface area contributed by atoms with Gasteiger partial charge in [-0.05, 0) is 58.8 Å². The zero-order valence-electron chi connectivity index (χ0n) is 14.8. The third kappa shape index (κ3) is 11.7. The quantitative estimate of drug-likeness (QED) is 0.588. The van der Waals surface area contributed by atoms with Gasteiger partial charge in [0.05, 0.1) is 6.10 Å². The lowest BCUT2D eigenvalue weighted by Gasteiger charge is -2.15. The molecule has 0 radical (unpaired) electrons. The molecule has 1 fully saturated rings. The Bertz CT molecular complexity index is 422. The van der Waals surface area contributed by atoms with E-state index in [0.29, 0.717) is 6.10 Å². The highest BCUT2D eigenvalue weighted by atomic mass is 16.5. The van der Waals surface area contributed by atoms with Crippen molar-refractivity contribution in [1.82, 2.24) is 0 Å². The van der Waals surface area contributed by atoms with Gasteiger partial charge in [0, 0.05) is 17.8 Å². The molecule has 2 N–H and O–H groups in total. The zero-order valence-corrected chi connectivity index (χ0v) is 14.8. The monoisotopic (exact) mass is 338 g/mol. The second-order valence-electron chi connectivity index (χ2n) is 6.12. The number of carboxylic acid groups (broad SMARTS) is 2. The second kappa shape index (κ2) is 12.5. The van der Waals surface area contributed by atoms with Crippen LogP contribution in [0.4, 0.5) is 0 Å². The summed E-state index contributed by atoms with van der Waals surface area (Å²) in [6, 6.07) is 0. The molecule has 0 aromatic rings. The predicted molar refractivity (Wildman–Crippen MR) is 95.0 cm³/mol. The van der Waals surface area contributed by atoms with Crippen LogP contribution in [0.25, 0.3) is 0 Å². The minimum atomic E-state index is -0.935. The first-order valence-corrected chi connectivity index (χ1v) is 8.31. The normalized spacial score (nSPS) is 18.9. The van der Waals surface area contributed by atoms with E-state index in [2.05, 4.69) is 19.2 Å². The predicted octanol–water partition coefficient (Wildman–Crippen LogP) is 4.35. The van der Waals surface area contributed by atoms with Gasteiger partial charge in [0.1, 0.15) is 0 Å². The Hall–Kier alpha value is -1.88. The molecule has 24 heavy (non-hydrogen) atoms. The van der Waals surface area contributed by atoms with E-state index in [1.807, 2.05) is 0 Å². The maximum absolute atomic E-state index is 9.60. The van der Waals surface area contributed by atoms with E-state index in [-0.39, 0.29) is 11.1 Å². The summed E-state index contributed by atoms with van der Waals surface area (Å²) in [6.07, 6.45) is 12.2. The van der Waals surface area contributed by atoms with Gasteiger partial charge in [-0.2, -0.15) is 0 Å². The first kappa shape index (κ1) is 22.1. The van der Waals surface area contributed by atoms with Crippen molar-refractivity contribution in [3.05, 3.63) is 36.0 Å². The number of carboxylic acids is 2. The van der Waals surface area contributed by atoms with Crippen molar-refractivity contribution in [3.8, 4) is 0 Å². The van der Waals surface area contributed by atoms with E-state index in [9.17, 15) is 9.59 Å². The summed E-state index contributed by atoms with van der Waals surface area (Å²) < 4.78 is 5.61. The highest BCUT2D eigenvalue weighted by molar-refractivity contribution is 5.85. The third-order valence-corrected chi connectivity index (χ3v) is 3.63. The Labute approximate surface area is 144 Å². The molecule has 0 amide bonds. The van der Waals surface area contributed by atoms with Crippen LogP contribution in [0.2, 0.25) is 0 Å². The van der Waals surface area contributed by atoms with E-state index in [0.717, 1.165) is 6.61 Å². The third-order valence-electron chi connectivity index (χ3n) is 3.63. The van der Waals surface area contributed by atoms with Crippen molar-refractivity contribution in [1.29, 1.82) is 0 Å². The van der Waals surface area contributed by atoms with Crippen molar-refractivity contribution in [2.24, 2.45) is 0 Å². The Balaban J connectivity index is 0.000000377. The molecular formula is C19H30O5. The number of carbonyl (C=O) groups is 2. The standard InChI is InChI=1S/C11H18O.2C4H6O2/c1-2-5-10(6-3-1)9-11-7-4-8-12-11;2*1-3(2)4(5)6/h5,11H,1-4,6-9H2;2*1H2,2H3,(H,5,6). The largest absolute Gasteiger partial charge is 0.478 e. The van der Waals surface area contributed by atoms with Crippen LogP contribution >= 0.6 is 0 Å². The molecule has 1 aliphatic carbocycles. The average molecular weight is 338 g/mol. The fourth-order valence-corrected chi connectivity index (χ4v) is 2.19. The molecule has 0 spiro atoms. The Morgan fingerprint density at radius 1 is 1.12 bits per heavy atom. The highest BCUT2D eigenvalue weighted by Gasteiger charge is 2.17. The minimum absolute atomic E-state index is 0.176. The second-order valence-corrected chi connectivity index (χ2v) is 6.12. The fourth-order valence-electron chi connectivity index (χ4n) is 2.19. The molecule has 5 nitrogen and oxygen atoms in total. The average Bonchev–Trinajstić information content (AvgIpc) is 3.02. The van der Waals surface area contributed by atoms with Crippen LogP contribution < -0.4 is 0 Å². The van der Waals surface area contributed by atoms with Crippen molar-refractivity contribution in [2.45, 2.75) is 64.9 Å². The summed E-state index contributed by atoms with van der Waals surface area (Å²) in [6.45, 7) is 10.2. The molecule has 1 aliphatic heterocycles. The smallest absolute Gasteiger partial charge is 0.330 e. The molecule has 1 unspecified atom stereocenters. The van der Waals surface area contributed by atoms with Crippen LogP contribution in [0.1, 0.15) is 58.8 Å². The number of allylic oxidation sites excluding steroid dienone is 1. The van der Waals surface area contributed by atoms with Crippen LogP contribution in [0.3, 0.4) is 0 Å². The van der Waals surface area contributed by atoms with E-state index in [1.165, 1.54) is 58.8 Å². The molecule has 0 aromatic heterocycles. The summed E-state index contributed by atoms with van der Waals surface area (Å²) in [5.41, 5.74) is 2.01. The number of hydrogen-bond donors (Lipinski definition) is 2. The van der Waals surface area contributed by atoms with Crippen molar-refractivity contribution in [3.63, 3.8) is 0 Å². The van der Waals surface area contributed by atoms with Crippen LogP contribution in [0.15, 0.2) is 36.0 Å². The lowest BCUT2D eigenvalue weighted by molar-refractivity contribution is -0.133. The summed E-state index contributed by atoms with van der Waals surface area (Å²) in [4.78, 5) is 19.2. The first-order valence-electron chi connectivity index (χ1n) is 8.31. The highest BCUT2D eigenvalue weighted by Crippen LogP contribution is 2.26.